The molecule has 8 nitrogen and oxygen atoms in total. The maximum absolute atomic E-state index is 12.4. The summed E-state index contributed by atoms with van der Waals surface area (Å²) in [6.45, 7) is 4.89. The number of carbonyl (C=O) groups is 2. The molecule has 0 aliphatic carbocycles. The second-order valence-corrected chi connectivity index (χ2v) is 5.76. The van der Waals surface area contributed by atoms with Crippen LogP contribution in [0.4, 0.5) is 11.4 Å². The molecular weight excluding hydrogens is 360 g/mol. The van der Waals surface area contributed by atoms with Crippen molar-refractivity contribution in [2.75, 3.05) is 10.9 Å². The minimum absolute atomic E-state index is 0.0486. The Morgan fingerprint density at radius 1 is 1.00 bits per heavy atom. The van der Waals surface area contributed by atoms with E-state index in [1.54, 1.807) is 24.3 Å². The number of nitrogens with one attached hydrogen (secondary N) is 2. The number of esters is 2. The van der Waals surface area contributed by atoms with E-state index in [1.165, 1.54) is 6.92 Å². The van der Waals surface area contributed by atoms with Crippen molar-refractivity contribution in [2.24, 2.45) is 10.2 Å². The molecule has 1 atom stereocenters. The summed E-state index contributed by atoms with van der Waals surface area (Å²) in [5.74, 6) is -1.38. The molecule has 0 radical (unpaired) electrons. The fraction of sp³-hybridized carbons (Fsp3) is 0.100. The number of carbonyl (C=O) groups excluding carboxylic acids is 2. The summed E-state index contributed by atoms with van der Waals surface area (Å²) in [5, 5.41) is 8.35. The lowest BCUT2D eigenvalue weighted by atomic mass is 10.1. The van der Waals surface area contributed by atoms with Gasteiger partial charge in [0.15, 0.2) is 5.71 Å². The molecule has 1 fully saturated rings. The third-order valence-corrected chi connectivity index (χ3v) is 3.63. The minimum atomic E-state index is -1.08. The van der Waals surface area contributed by atoms with Gasteiger partial charge in [-0.2, -0.15) is 10.2 Å². The minimum Gasteiger partial charge on any atom is -0.448 e. The number of hydrogen-bond donors (Lipinski definition) is 2. The highest BCUT2D eigenvalue weighted by Gasteiger charge is 2.39. The van der Waals surface area contributed by atoms with Gasteiger partial charge in [0, 0.05) is 6.92 Å². The summed E-state index contributed by atoms with van der Waals surface area (Å²) >= 11 is 0. The first-order chi connectivity index (χ1) is 13.5. The van der Waals surface area contributed by atoms with Gasteiger partial charge in [-0.25, -0.2) is 4.79 Å². The van der Waals surface area contributed by atoms with Gasteiger partial charge in [-0.05, 0) is 24.3 Å². The van der Waals surface area contributed by atoms with Gasteiger partial charge in [-0.15, -0.1) is 0 Å². The van der Waals surface area contributed by atoms with E-state index in [1.807, 2.05) is 36.4 Å². The van der Waals surface area contributed by atoms with Crippen LogP contribution in [-0.2, 0) is 19.1 Å². The lowest BCUT2D eigenvalue weighted by molar-refractivity contribution is -0.146. The van der Waals surface area contributed by atoms with Crippen LogP contribution in [-0.4, -0.2) is 29.5 Å². The van der Waals surface area contributed by atoms with Crippen LogP contribution in [0, 0.1) is 0 Å². The van der Waals surface area contributed by atoms with Crippen LogP contribution in [0.25, 0.3) is 0 Å². The van der Waals surface area contributed by atoms with Crippen LogP contribution in [0.1, 0.15) is 6.92 Å². The SMILES string of the molecule is C=C1OC(=O)C(=N/Nc2ccccc2)/C(=N\Nc2ccccc2)C1OC(C)=O. The summed E-state index contributed by atoms with van der Waals surface area (Å²) in [7, 11) is 0. The topological polar surface area (TPSA) is 101 Å². The van der Waals surface area contributed by atoms with Crippen molar-refractivity contribution in [1.82, 2.24) is 0 Å². The zero-order valence-electron chi connectivity index (χ0n) is 15.1. The number of ether oxygens (including phenoxy) is 2. The Balaban J connectivity index is 1.96. The van der Waals surface area contributed by atoms with Gasteiger partial charge >= 0.3 is 11.9 Å². The zero-order chi connectivity index (χ0) is 19.9. The number of rotatable bonds is 5. The first-order valence-electron chi connectivity index (χ1n) is 8.40. The van der Waals surface area contributed by atoms with Gasteiger partial charge in [0.2, 0.25) is 6.10 Å². The number of benzene rings is 2. The van der Waals surface area contributed by atoms with Gasteiger partial charge in [-0.3, -0.25) is 15.6 Å². The monoisotopic (exact) mass is 378 g/mol. The second-order valence-electron chi connectivity index (χ2n) is 5.76. The number of cyclic esters (lactones) is 1. The first kappa shape index (κ1) is 18.8. The van der Waals surface area contributed by atoms with Crippen molar-refractivity contribution < 1.29 is 19.1 Å². The Hall–Kier alpha value is -3.94. The molecule has 2 N–H and O–H groups in total. The molecule has 8 heteroatoms. The van der Waals surface area contributed by atoms with E-state index < -0.39 is 18.0 Å². The standard InChI is InChI=1S/C20H18N4O4/c1-13-19(28-14(2)25)17(23-21-15-9-5-3-6-10-15)18(20(26)27-13)24-22-16-11-7-4-8-12-16/h3-12,19,21-22H,1H2,2H3/b23-17+,24-18+. The van der Waals surface area contributed by atoms with Gasteiger partial charge in [-0.1, -0.05) is 43.0 Å². The lowest BCUT2D eigenvalue weighted by Crippen LogP contribution is -2.45. The zero-order valence-corrected chi connectivity index (χ0v) is 15.1. The van der Waals surface area contributed by atoms with E-state index in [2.05, 4.69) is 27.6 Å². The molecular formula is C20H18N4O4. The molecule has 1 heterocycles. The Morgan fingerprint density at radius 2 is 1.54 bits per heavy atom. The van der Waals surface area contributed by atoms with Gasteiger partial charge in [0.1, 0.15) is 11.5 Å². The average molecular weight is 378 g/mol. The maximum Gasteiger partial charge on any atom is 0.366 e. The number of nitrogens with zero attached hydrogens (tertiary/aromatic N) is 2. The fourth-order valence-electron chi connectivity index (χ4n) is 2.37. The molecule has 2 aromatic rings. The quantitative estimate of drug-likeness (QED) is 0.613. The lowest BCUT2D eigenvalue weighted by Gasteiger charge is -2.25. The number of anilines is 2. The highest BCUT2D eigenvalue weighted by molar-refractivity contribution is 6.68. The van der Waals surface area contributed by atoms with Crippen LogP contribution < -0.4 is 10.9 Å². The summed E-state index contributed by atoms with van der Waals surface area (Å²) in [6.07, 6.45) is -1.08. The smallest absolute Gasteiger partial charge is 0.366 e. The third kappa shape index (κ3) is 4.61. The van der Waals surface area contributed by atoms with E-state index in [0.29, 0.717) is 11.4 Å². The van der Waals surface area contributed by atoms with Crippen LogP contribution >= 0.6 is 0 Å². The Morgan fingerprint density at radius 3 is 2.07 bits per heavy atom. The normalized spacial score (nSPS) is 19.2. The Labute approximate surface area is 161 Å². The number of para-hydroxylation sites is 2. The third-order valence-electron chi connectivity index (χ3n) is 3.63. The van der Waals surface area contributed by atoms with Gasteiger partial charge < -0.3 is 9.47 Å². The highest BCUT2D eigenvalue weighted by atomic mass is 16.6. The summed E-state index contributed by atoms with van der Waals surface area (Å²) in [4.78, 5) is 23.9. The van der Waals surface area contributed by atoms with Crippen LogP contribution in [0.2, 0.25) is 0 Å². The Bertz CT molecular complexity index is 939. The van der Waals surface area contributed by atoms with Crippen molar-refractivity contribution in [3.63, 3.8) is 0 Å². The molecule has 0 saturated carbocycles. The maximum atomic E-state index is 12.4. The molecule has 1 aliphatic heterocycles. The predicted molar refractivity (Wildman–Crippen MR) is 106 cm³/mol. The van der Waals surface area contributed by atoms with E-state index in [9.17, 15) is 9.59 Å². The first-order valence-corrected chi connectivity index (χ1v) is 8.40. The highest BCUT2D eigenvalue weighted by Crippen LogP contribution is 2.19. The Kier molecular flexibility index (Phi) is 5.81. The average Bonchev–Trinajstić information content (AvgIpc) is 2.69. The van der Waals surface area contributed by atoms with E-state index in [4.69, 9.17) is 9.47 Å². The summed E-state index contributed by atoms with van der Waals surface area (Å²) in [5.41, 5.74) is 6.87. The summed E-state index contributed by atoms with van der Waals surface area (Å²) < 4.78 is 10.3. The molecule has 3 rings (SSSR count). The van der Waals surface area contributed by atoms with Crippen molar-refractivity contribution in [1.29, 1.82) is 0 Å². The molecule has 28 heavy (non-hydrogen) atoms. The van der Waals surface area contributed by atoms with Crippen molar-refractivity contribution in [3.8, 4) is 0 Å². The van der Waals surface area contributed by atoms with E-state index in [0.717, 1.165) is 0 Å². The molecule has 1 saturated heterocycles. The van der Waals surface area contributed by atoms with Crippen LogP contribution in [0.5, 0.6) is 0 Å². The molecule has 1 aliphatic rings. The van der Waals surface area contributed by atoms with E-state index >= 15 is 0 Å². The molecule has 1 unspecified atom stereocenters. The van der Waals surface area contributed by atoms with Crippen molar-refractivity contribution >= 4 is 34.7 Å². The van der Waals surface area contributed by atoms with Crippen LogP contribution in [0.3, 0.4) is 0 Å². The van der Waals surface area contributed by atoms with Crippen molar-refractivity contribution in [3.05, 3.63) is 73.0 Å². The molecule has 0 bridgehead atoms. The van der Waals surface area contributed by atoms with Gasteiger partial charge in [0.25, 0.3) is 0 Å². The molecule has 0 aromatic heterocycles. The number of hydrogen-bond acceptors (Lipinski definition) is 8. The van der Waals surface area contributed by atoms with E-state index in [-0.39, 0.29) is 17.2 Å². The second kappa shape index (κ2) is 8.63. The van der Waals surface area contributed by atoms with Crippen LogP contribution in [0.15, 0.2) is 83.2 Å². The van der Waals surface area contributed by atoms with Crippen molar-refractivity contribution in [2.45, 2.75) is 13.0 Å². The largest absolute Gasteiger partial charge is 0.448 e. The molecule has 0 amide bonds. The molecule has 2 aromatic carbocycles. The summed E-state index contributed by atoms with van der Waals surface area (Å²) in [6, 6.07) is 18.1. The number of hydrazone groups is 2. The predicted octanol–water partition coefficient (Wildman–Crippen LogP) is 2.92. The molecule has 0 spiro atoms. The molecule has 142 valence electrons. The van der Waals surface area contributed by atoms with Gasteiger partial charge in [0.05, 0.1) is 11.4 Å². The fourth-order valence-corrected chi connectivity index (χ4v) is 2.37.